The van der Waals surface area contributed by atoms with Gasteiger partial charge in [-0.05, 0) is 38.0 Å². The minimum absolute atomic E-state index is 0.00776. The fourth-order valence-electron chi connectivity index (χ4n) is 2.85. The Morgan fingerprint density at radius 1 is 1.41 bits per heavy atom. The standard InChI is InChI=1S/C17H17N7O3/c1-9-16-11(6-12(27-16)10-2-3-10)17(26)23(21-9)7-15(25)20-14-5-4-13(19)24(8-18)22-14/h4-6,8,10,18-19H,2-3,7H2,1H3,(H,20,22,25). The molecule has 10 heteroatoms. The lowest BCUT2D eigenvalue weighted by Gasteiger charge is -2.08. The molecule has 3 N–H and O–H groups in total. The van der Waals surface area contributed by atoms with E-state index in [0.29, 0.717) is 22.6 Å². The van der Waals surface area contributed by atoms with E-state index < -0.39 is 5.91 Å². The van der Waals surface area contributed by atoms with Crippen molar-refractivity contribution in [1.29, 1.82) is 10.8 Å². The van der Waals surface area contributed by atoms with Gasteiger partial charge in [-0.2, -0.15) is 5.10 Å². The van der Waals surface area contributed by atoms with E-state index in [2.05, 4.69) is 15.5 Å². The van der Waals surface area contributed by atoms with Crippen molar-refractivity contribution in [3.8, 4) is 0 Å². The molecule has 0 unspecified atom stereocenters. The van der Waals surface area contributed by atoms with E-state index in [9.17, 15) is 9.59 Å². The lowest BCUT2D eigenvalue weighted by atomic mass is 10.2. The highest BCUT2D eigenvalue weighted by atomic mass is 16.3. The number of nitrogens with one attached hydrogen (secondary N) is 3. The Bertz CT molecular complexity index is 1180. The Hall–Kier alpha value is -3.56. The third-order valence-corrected chi connectivity index (χ3v) is 4.34. The van der Waals surface area contributed by atoms with E-state index >= 15 is 0 Å². The van der Waals surface area contributed by atoms with Crippen LogP contribution in [-0.4, -0.2) is 31.8 Å². The molecule has 1 amide bonds. The maximum absolute atomic E-state index is 12.7. The zero-order chi connectivity index (χ0) is 19.1. The van der Waals surface area contributed by atoms with Gasteiger partial charge in [-0.15, -0.1) is 5.10 Å². The second kappa shape index (κ2) is 6.31. The molecule has 1 saturated carbocycles. The van der Waals surface area contributed by atoms with Crippen LogP contribution in [0.25, 0.3) is 11.0 Å². The first-order valence-electron chi connectivity index (χ1n) is 8.42. The van der Waals surface area contributed by atoms with Gasteiger partial charge in [0.25, 0.3) is 5.56 Å². The molecule has 0 saturated heterocycles. The number of furan rings is 1. The van der Waals surface area contributed by atoms with E-state index in [1.807, 2.05) is 0 Å². The molecule has 27 heavy (non-hydrogen) atoms. The lowest BCUT2D eigenvalue weighted by molar-refractivity contribution is -0.117. The molecule has 0 spiro atoms. The molecule has 1 aliphatic rings. The summed E-state index contributed by atoms with van der Waals surface area (Å²) in [6.45, 7) is 1.45. The zero-order valence-corrected chi connectivity index (χ0v) is 14.5. The normalized spacial score (nSPS) is 13.7. The summed E-state index contributed by atoms with van der Waals surface area (Å²) < 4.78 is 7.87. The quantitative estimate of drug-likeness (QED) is 0.454. The van der Waals surface area contributed by atoms with Crippen molar-refractivity contribution in [3.63, 3.8) is 0 Å². The van der Waals surface area contributed by atoms with E-state index in [-0.39, 0.29) is 23.4 Å². The third kappa shape index (κ3) is 3.16. The summed E-state index contributed by atoms with van der Waals surface area (Å²) in [6.07, 6.45) is 2.98. The van der Waals surface area contributed by atoms with E-state index in [1.165, 1.54) is 12.1 Å². The predicted octanol–water partition coefficient (Wildman–Crippen LogP) is 0.945. The number of amides is 1. The van der Waals surface area contributed by atoms with Gasteiger partial charge in [0.15, 0.2) is 11.4 Å². The molecule has 0 aromatic carbocycles. The number of hydrogen-bond donors (Lipinski definition) is 3. The molecule has 1 aliphatic carbocycles. The largest absolute Gasteiger partial charge is 0.459 e. The first-order valence-corrected chi connectivity index (χ1v) is 8.42. The SMILES string of the molecule is Cc1nn(CC(=O)Nc2ccc(=N)n(C=N)n2)c(=O)c2cc(C3CC3)oc12. The summed E-state index contributed by atoms with van der Waals surface area (Å²) in [5.41, 5.74) is 0.639. The molecule has 0 bridgehead atoms. The van der Waals surface area contributed by atoms with Crippen LogP contribution < -0.4 is 16.4 Å². The van der Waals surface area contributed by atoms with Crippen molar-refractivity contribution >= 4 is 29.0 Å². The Morgan fingerprint density at radius 3 is 2.89 bits per heavy atom. The number of aryl methyl sites for hydroxylation is 1. The first kappa shape index (κ1) is 16.9. The second-order valence-corrected chi connectivity index (χ2v) is 6.44. The van der Waals surface area contributed by atoms with Gasteiger partial charge in [-0.25, -0.2) is 9.36 Å². The number of carbonyl (C=O) groups is 1. The van der Waals surface area contributed by atoms with Crippen molar-refractivity contribution in [2.75, 3.05) is 5.32 Å². The number of anilines is 1. The van der Waals surface area contributed by atoms with E-state index in [1.54, 1.807) is 13.0 Å². The highest BCUT2D eigenvalue weighted by Gasteiger charge is 2.28. The van der Waals surface area contributed by atoms with Crippen LogP contribution in [0.4, 0.5) is 5.82 Å². The maximum Gasteiger partial charge on any atom is 0.278 e. The number of aromatic nitrogens is 4. The molecular formula is C17H17N7O3. The Balaban J connectivity index is 1.60. The minimum atomic E-state index is -0.490. The van der Waals surface area contributed by atoms with Crippen LogP contribution in [0.1, 0.15) is 30.2 Å². The van der Waals surface area contributed by atoms with Crippen LogP contribution in [0.15, 0.2) is 27.4 Å². The number of fused-ring (bicyclic) bond motifs is 1. The van der Waals surface area contributed by atoms with Gasteiger partial charge < -0.3 is 9.73 Å². The molecule has 3 aromatic heterocycles. The molecule has 138 valence electrons. The molecule has 0 atom stereocenters. The van der Waals surface area contributed by atoms with Crippen LogP contribution in [0.3, 0.4) is 0 Å². The fraction of sp³-hybridized carbons (Fsp3) is 0.294. The molecule has 0 radical (unpaired) electrons. The average molecular weight is 367 g/mol. The lowest BCUT2D eigenvalue weighted by Crippen LogP contribution is -2.31. The molecule has 0 aliphatic heterocycles. The monoisotopic (exact) mass is 367 g/mol. The van der Waals surface area contributed by atoms with Gasteiger partial charge in [0.2, 0.25) is 5.91 Å². The van der Waals surface area contributed by atoms with Crippen LogP contribution in [0.2, 0.25) is 0 Å². The molecule has 3 aromatic rings. The van der Waals surface area contributed by atoms with Crippen molar-refractivity contribution in [1.82, 2.24) is 19.6 Å². The second-order valence-electron chi connectivity index (χ2n) is 6.44. The first-order chi connectivity index (χ1) is 13.0. The van der Waals surface area contributed by atoms with Gasteiger partial charge in [-0.1, -0.05) is 0 Å². The average Bonchev–Trinajstić information content (AvgIpc) is 3.39. The highest BCUT2D eigenvalue weighted by Crippen LogP contribution is 2.41. The molecule has 4 rings (SSSR count). The van der Waals surface area contributed by atoms with Crippen LogP contribution in [0, 0.1) is 17.7 Å². The summed E-state index contributed by atoms with van der Waals surface area (Å²) in [5, 5.41) is 25.8. The Morgan fingerprint density at radius 2 is 2.19 bits per heavy atom. The van der Waals surface area contributed by atoms with Crippen LogP contribution in [0.5, 0.6) is 0 Å². The summed E-state index contributed by atoms with van der Waals surface area (Å²) >= 11 is 0. The molecule has 3 heterocycles. The number of nitrogens with zero attached hydrogens (tertiary/aromatic N) is 4. The molecule has 10 nitrogen and oxygen atoms in total. The van der Waals surface area contributed by atoms with Gasteiger partial charge in [-0.3, -0.25) is 20.4 Å². The van der Waals surface area contributed by atoms with Crippen molar-refractivity contribution < 1.29 is 9.21 Å². The van der Waals surface area contributed by atoms with Gasteiger partial charge in [0.1, 0.15) is 29.8 Å². The number of hydrogen-bond acceptors (Lipinski definition) is 7. The Labute approximate surface area is 152 Å². The third-order valence-electron chi connectivity index (χ3n) is 4.34. The van der Waals surface area contributed by atoms with Gasteiger partial charge in [0.05, 0.1) is 5.39 Å². The summed E-state index contributed by atoms with van der Waals surface area (Å²) in [7, 11) is 0. The zero-order valence-electron chi connectivity index (χ0n) is 14.5. The van der Waals surface area contributed by atoms with Crippen molar-refractivity contribution in [3.05, 3.63) is 45.5 Å². The van der Waals surface area contributed by atoms with Crippen LogP contribution >= 0.6 is 0 Å². The summed E-state index contributed by atoms with van der Waals surface area (Å²) in [5.74, 6) is 0.852. The predicted molar refractivity (Wildman–Crippen MR) is 95.9 cm³/mol. The maximum atomic E-state index is 12.7. The van der Waals surface area contributed by atoms with Crippen molar-refractivity contribution in [2.45, 2.75) is 32.2 Å². The summed E-state index contributed by atoms with van der Waals surface area (Å²) in [6, 6.07) is 4.60. The van der Waals surface area contributed by atoms with E-state index in [0.717, 1.165) is 34.3 Å². The van der Waals surface area contributed by atoms with E-state index in [4.69, 9.17) is 15.2 Å². The van der Waals surface area contributed by atoms with Gasteiger partial charge >= 0.3 is 0 Å². The molecule has 1 fully saturated rings. The molecular weight excluding hydrogens is 350 g/mol. The van der Waals surface area contributed by atoms with Crippen LogP contribution in [-0.2, 0) is 11.3 Å². The summed E-state index contributed by atoms with van der Waals surface area (Å²) in [4.78, 5) is 25.0. The van der Waals surface area contributed by atoms with Gasteiger partial charge in [0, 0.05) is 5.92 Å². The fourth-order valence-corrected chi connectivity index (χ4v) is 2.85. The topological polar surface area (TPSA) is 143 Å². The number of carbonyl (C=O) groups excluding carboxylic acids is 1. The highest BCUT2D eigenvalue weighted by molar-refractivity contribution is 5.89. The van der Waals surface area contributed by atoms with Crippen molar-refractivity contribution in [2.24, 2.45) is 0 Å². The minimum Gasteiger partial charge on any atom is -0.459 e. The number of rotatable bonds is 5. The smallest absolute Gasteiger partial charge is 0.278 e. The Kier molecular flexibility index (Phi) is 3.94.